The maximum atomic E-state index is 12.6. The molecule has 0 amide bonds. The first kappa shape index (κ1) is 13.7. The van der Waals surface area contributed by atoms with Gasteiger partial charge in [-0.05, 0) is 25.0 Å². The van der Waals surface area contributed by atoms with Crippen LogP contribution in [0.3, 0.4) is 0 Å². The van der Waals surface area contributed by atoms with Crippen molar-refractivity contribution in [3.8, 4) is 11.5 Å². The van der Waals surface area contributed by atoms with Gasteiger partial charge in [-0.3, -0.25) is 0 Å². The molecule has 3 rings (SSSR count). The lowest BCUT2D eigenvalue weighted by molar-refractivity contribution is 0.170. The molecule has 1 heterocycles. The molecule has 1 fully saturated rings. The molecule has 1 N–H and O–H groups in total. The van der Waals surface area contributed by atoms with Gasteiger partial charge in [0.15, 0.2) is 11.5 Å². The van der Waals surface area contributed by atoms with Gasteiger partial charge in [0.2, 0.25) is 10.0 Å². The number of aliphatic hydroxyl groups is 1. The second-order valence-corrected chi connectivity index (χ2v) is 7.13. The molecule has 0 spiro atoms. The fraction of sp³-hybridized carbons (Fsp3) is 0.538. The van der Waals surface area contributed by atoms with E-state index in [0.29, 0.717) is 37.6 Å². The van der Waals surface area contributed by atoms with E-state index in [1.165, 1.54) is 23.5 Å². The Labute approximate surface area is 118 Å². The maximum absolute atomic E-state index is 12.6. The van der Waals surface area contributed by atoms with Crippen molar-refractivity contribution >= 4 is 10.0 Å². The van der Waals surface area contributed by atoms with E-state index in [-0.39, 0.29) is 11.5 Å². The predicted octanol–water partition coefficient (Wildman–Crippen LogP) is 0.603. The van der Waals surface area contributed by atoms with Gasteiger partial charge in [0, 0.05) is 13.1 Å². The molecule has 0 saturated heterocycles. The number of aliphatic hydroxyl groups excluding tert-OH is 1. The number of hydrogen-bond acceptors (Lipinski definition) is 5. The van der Waals surface area contributed by atoms with Crippen molar-refractivity contribution in [3.63, 3.8) is 0 Å². The minimum Gasteiger partial charge on any atom is -0.486 e. The lowest BCUT2D eigenvalue weighted by Gasteiger charge is -2.26. The summed E-state index contributed by atoms with van der Waals surface area (Å²) in [5.41, 5.74) is -0.633. The van der Waals surface area contributed by atoms with Gasteiger partial charge in [0.05, 0.1) is 17.0 Å². The average Bonchev–Trinajstić information content (AvgIpc) is 3.27. The third-order valence-electron chi connectivity index (χ3n) is 3.96. The maximum Gasteiger partial charge on any atom is 0.243 e. The summed E-state index contributed by atoms with van der Waals surface area (Å²) in [6, 6.07) is 4.59. The van der Waals surface area contributed by atoms with Crippen molar-refractivity contribution in [1.82, 2.24) is 4.31 Å². The van der Waals surface area contributed by atoms with Crippen LogP contribution in [0.15, 0.2) is 23.1 Å². The van der Waals surface area contributed by atoms with Gasteiger partial charge in [-0.25, -0.2) is 8.42 Å². The zero-order valence-electron chi connectivity index (χ0n) is 11.2. The first-order valence-electron chi connectivity index (χ1n) is 6.49. The first-order chi connectivity index (χ1) is 9.49. The van der Waals surface area contributed by atoms with Crippen LogP contribution in [-0.2, 0) is 10.0 Å². The molecule has 0 aromatic heterocycles. The van der Waals surface area contributed by atoms with Crippen LogP contribution in [0.1, 0.15) is 12.8 Å². The van der Waals surface area contributed by atoms with Gasteiger partial charge in [0.1, 0.15) is 13.2 Å². The molecule has 7 heteroatoms. The van der Waals surface area contributed by atoms with Gasteiger partial charge < -0.3 is 14.6 Å². The molecule has 0 atom stereocenters. The van der Waals surface area contributed by atoms with Crippen molar-refractivity contribution in [3.05, 3.63) is 18.2 Å². The van der Waals surface area contributed by atoms with Gasteiger partial charge in [0.25, 0.3) is 0 Å². The molecule has 0 unspecified atom stereocenters. The van der Waals surface area contributed by atoms with Crippen LogP contribution in [0.5, 0.6) is 11.5 Å². The monoisotopic (exact) mass is 299 g/mol. The predicted molar refractivity (Wildman–Crippen MR) is 71.4 cm³/mol. The molecular formula is C13H17NO5S. The largest absolute Gasteiger partial charge is 0.486 e. The highest BCUT2D eigenvalue weighted by molar-refractivity contribution is 7.89. The van der Waals surface area contributed by atoms with E-state index in [4.69, 9.17) is 9.47 Å². The fourth-order valence-electron chi connectivity index (χ4n) is 2.31. The highest BCUT2D eigenvalue weighted by atomic mass is 32.2. The zero-order chi connectivity index (χ0) is 14.4. The zero-order valence-corrected chi connectivity index (χ0v) is 12.0. The van der Waals surface area contributed by atoms with Crippen LogP contribution in [-0.4, -0.2) is 50.2 Å². The number of rotatable bonds is 4. The SMILES string of the molecule is CN(C1(CO)CC1)S(=O)(=O)c1ccc2c(c1)OCCO2. The van der Waals surface area contributed by atoms with Crippen LogP contribution in [0.4, 0.5) is 0 Å². The summed E-state index contributed by atoms with van der Waals surface area (Å²) in [4.78, 5) is 0.156. The van der Waals surface area contributed by atoms with Gasteiger partial charge in [-0.15, -0.1) is 0 Å². The minimum atomic E-state index is -3.64. The molecule has 1 aromatic rings. The normalized spacial score (nSPS) is 19.9. The molecular weight excluding hydrogens is 282 g/mol. The number of fused-ring (bicyclic) bond motifs is 1. The van der Waals surface area contributed by atoms with E-state index in [0.717, 1.165) is 0 Å². The lowest BCUT2D eigenvalue weighted by Crippen LogP contribution is -2.41. The summed E-state index contributed by atoms with van der Waals surface area (Å²) in [7, 11) is -2.13. The average molecular weight is 299 g/mol. The number of nitrogens with zero attached hydrogens (tertiary/aromatic N) is 1. The highest BCUT2D eigenvalue weighted by Crippen LogP contribution is 2.43. The van der Waals surface area contributed by atoms with Crippen LogP contribution in [0, 0.1) is 0 Å². The van der Waals surface area contributed by atoms with Crippen molar-refractivity contribution < 1.29 is 23.0 Å². The quantitative estimate of drug-likeness (QED) is 0.881. The van der Waals surface area contributed by atoms with Crippen molar-refractivity contribution in [2.45, 2.75) is 23.3 Å². The molecule has 6 nitrogen and oxygen atoms in total. The molecule has 20 heavy (non-hydrogen) atoms. The van der Waals surface area contributed by atoms with E-state index in [2.05, 4.69) is 0 Å². The Hall–Kier alpha value is -1.31. The molecule has 2 aliphatic rings. The van der Waals surface area contributed by atoms with E-state index >= 15 is 0 Å². The summed E-state index contributed by atoms with van der Waals surface area (Å²) in [5.74, 6) is 1.00. The Balaban J connectivity index is 1.95. The standard InChI is InChI=1S/C13H17NO5S/c1-14(13(9-15)4-5-13)20(16,17)10-2-3-11-12(8-10)19-7-6-18-11/h2-3,8,15H,4-7,9H2,1H3. The van der Waals surface area contributed by atoms with Crippen molar-refractivity contribution in [2.24, 2.45) is 0 Å². The number of benzene rings is 1. The number of likely N-dealkylation sites (N-methyl/N-ethyl adjacent to an activating group) is 1. The Bertz CT molecular complexity index is 624. The van der Waals surface area contributed by atoms with E-state index < -0.39 is 15.6 Å². The summed E-state index contributed by atoms with van der Waals surface area (Å²) in [6.07, 6.45) is 1.37. The third kappa shape index (κ3) is 2.06. The summed E-state index contributed by atoms with van der Waals surface area (Å²) in [6.45, 7) is 0.715. The summed E-state index contributed by atoms with van der Waals surface area (Å²) in [5, 5.41) is 9.38. The van der Waals surface area contributed by atoms with Gasteiger partial charge in [-0.2, -0.15) is 4.31 Å². The van der Waals surface area contributed by atoms with Crippen LogP contribution < -0.4 is 9.47 Å². The molecule has 1 saturated carbocycles. The molecule has 110 valence electrons. The summed E-state index contributed by atoms with van der Waals surface area (Å²) >= 11 is 0. The van der Waals surface area contributed by atoms with Gasteiger partial charge >= 0.3 is 0 Å². The van der Waals surface area contributed by atoms with Crippen molar-refractivity contribution in [1.29, 1.82) is 0 Å². The number of ether oxygens (including phenoxy) is 2. The molecule has 1 aromatic carbocycles. The third-order valence-corrected chi connectivity index (χ3v) is 5.92. The highest BCUT2D eigenvalue weighted by Gasteiger charge is 2.51. The van der Waals surface area contributed by atoms with E-state index in [1.54, 1.807) is 6.07 Å². The van der Waals surface area contributed by atoms with E-state index in [9.17, 15) is 13.5 Å². The van der Waals surface area contributed by atoms with Gasteiger partial charge in [-0.1, -0.05) is 0 Å². The Morgan fingerprint density at radius 2 is 1.90 bits per heavy atom. The fourth-order valence-corrected chi connectivity index (χ4v) is 3.88. The number of hydrogen-bond donors (Lipinski definition) is 1. The first-order valence-corrected chi connectivity index (χ1v) is 7.93. The van der Waals surface area contributed by atoms with Crippen molar-refractivity contribution in [2.75, 3.05) is 26.9 Å². The van der Waals surface area contributed by atoms with Crippen LogP contribution in [0.25, 0.3) is 0 Å². The van der Waals surface area contributed by atoms with Crippen LogP contribution >= 0.6 is 0 Å². The molecule has 0 bridgehead atoms. The smallest absolute Gasteiger partial charge is 0.243 e. The number of sulfonamides is 1. The summed E-state index contributed by atoms with van der Waals surface area (Å²) < 4.78 is 37.2. The topological polar surface area (TPSA) is 76.1 Å². The molecule has 1 aliphatic carbocycles. The Morgan fingerprint density at radius 3 is 2.50 bits per heavy atom. The van der Waals surface area contributed by atoms with E-state index in [1.807, 2.05) is 0 Å². The Kier molecular flexibility index (Phi) is 3.15. The second kappa shape index (κ2) is 4.61. The van der Waals surface area contributed by atoms with Crippen LogP contribution in [0.2, 0.25) is 0 Å². The molecule has 0 radical (unpaired) electrons. The second-order valence-electron chi connectivity index (χ2n) is 5.16. The lowest BCUT2D eigenvalue weighted by atomic mass is 10.3. The minimum absolute atomic E-state index is 0.156. The Morgan fingerprint density at radius 1 is 1.25 bits per heavy atom. The molecule has 1 aliphatic heterocycles.